The van der Waals surface area contributed by atoms with E-state index in [4.69, 9.17) is 9.47 Å². The molecule has 0 heterocycles. The molecule has 2 aromatic carbocycles. The lowest BCUT2D eigenvalue weighted by Gasteiger charge is -2.15. The zero-order valence-corrected chi connectivity index (χ0v) is 15.0. The lowest BCUT2D eigenvalue weighted by Crippen LogP contribution is -2.07. The summed E-state index contributed by atoms with van der Waals surface area (Å²) in [5.74, 6) is 2.09. The molecule has 3 nitrogen and oxygen atoms in total. The normalized spacial score (nSPS) is 10.6. The molecule has 24 heavy (non-hydrogen) atoms. The highest BCUT2D eigenvalue weighted by Gasteiger charge is 2.10. The van der Waals surface area contributed by atoms with Gasteiger partial charge in [-0.1, -0.05) is 32.6 Å². The Hall–Kier alpha value is -2.55. The van der Waals surface area contributed by atoms with Gasteiger partial charge in [-0.3, -0.25) is 0 Å². The van der Waals surface area contributed by atoms with Crippen molar-refractivity contribution in [3.05, 3.63) is 65.2 Å². The highest BCUT2D eigenvalue weighted by molar-refractivity contribution is 5.88. The molecule has 3 heteroatoms. The molecule has 0 atom stereocenters. The van der Waals surface area contributed by atoms with Crippen LogP contribution in [0.2, 0.25) is 0 Å². The molecule has 0 unspecified atom stereocenters. The molecule has 0 bridgehead atoms. The number of hydrogen-bond acceptors (Lipinski definition) is 3. The van der Waals surface area contributed by atoms with Gasteiger partial charge in [0, 0.05) is 5.57 Å². The van der Waals surface area contributed by atoms with E-state index in [2.05, 4.69) is 46.4 Å². The Labute approximate surface area is 143 Å². The van der Waals surface area contributed by atoms with Crippen LogP contribution in [-0.4, -0.2) is 5.97 Å². The fourth-order valence-corrected chi connectivity index (χ4v) is 2.37. The maximum Gasteiger partial charge on any atom is 0.338 e. The molecule has 2 rings (SSSR count). The molecular formula is C21H24O3. The molecule has 0 N–H and O–H groups in total. The van der Waals surface area contributed by atoms with Crippen LogP contribution >= 0.6 is 0 Å². The summed E-state index contributed by atoms with van der Waals surface area (Å²) in [7, 11) is 0. The highest BCUT2D eigenvalue weighted by Crippen LogP contribution is 2.32. The minimum Gasteiger partial charge on any atom is -0.457 e. The largest absolute Gasteiger partial charge is 0.457 e. The Kier molecular flexibility index (Phi) is 5.45. The van der Waals surface area contributed by atoms with Crippen LogP contribution in [0, 0.1) is 13.8 Å². The molecule has 0 aliphatic carbocycles. The first kappa shape index (κ1) is 17.8. The highest BCUT2D eigenvalue weighted by atomic mass is 16.5. The lowest BCUT2D eigenvalue weighted by atomic mass is 9.98. The van der Waals surface area contributed by atoms with Crippen LogP contribution in [0.1, 0.15) is 43.4 Å². The van der Waals surface area contributed by atoms with Gasteiger partial charge in [0.25, 0.3) is 0 Å². The first-order chi connectivity index (χ1) is 11.3. The Morgan fingerprint density at radius 2 is 1.50 bits per heavy atom. The van der Waals surface area contributed by atoms with Crippen molar-refractivity contribution in [2.24, 2.45) is 0 Å². The van der Waals surface area contributed by atoms with Gasteiger partial charge in [-0.15, -0.1) is 0 Å². The summed E-state index contributed by atoms with van der Waals surface area (Å²) < 4.78 is 11.2. The Bertz CT molecular complexity index is 732. The zero-order chi connectivity index (χ0) is 17.9. The number of hydrogen-bond donors (Lipinski definition) is 0. The second-order valence-corrected chi connectivity index (χ2v) is 6.38. The summed E-state index contributed by atoms with van der Waals surface area (Å²) >= 11 is 0. The molecular weight excluding hydrogens is 300 g/mol. The van der Waals surface area contributed by atoms with Gasteiger partial charge >= 0.3 is 5.97 Å². The Morgan fingerprint density at radius 3 is 1.96 bits per heavy atom. The van der Waals surface area contributed by atoms with Gasteiger partial charge in [-0.25, -0.2) is 4.79 Å². The summed E-state index contributed by atoms with van der Waals surface area (Å²) in [5.41, 5.74) is 3.89. The van der Waals surface area contributed by atoms with Gasteiger partial charge in [-0.05, 0) is 67.6 Å². The average molecular weight is 324 g/mol. The molecule has 126 valence electrons. The molecule has 0 fully saturated rings. The van der Waals surface area contributed by atoms with Crippen molar-refractivity contribution >= 4 is 5.97 Å². The van der Waals surface area contributed by atoms with Crippen molar-refractivity contribution in [2.75, 3.05) is 0 Å². The van der Waals surface area contributed by atoms with E-state index >= 15 is 0 Å². The van der Waals surface area contributed by atoms with Crippen molar-refractivity contribution in [1.29, 1.82) is 0 Å². The molecule has 0 aliphatic heterocycles. The number of aryl methyl sites for hydroxylation is 2. The van der Waals surface area contributed by atoms with Crippen LogP contribution in [0.4, 0.5) is 0 Å². The number of rotatable bonds is 5. The van der Waals surface area contributed by atoms with Crippen LogP contribution in [0.15, 0.2) is 48.6 Å². The van der Waals surface area contributed by atoms with Crippen LogP contribution in [0.3, 0.4) is 0 Å². The summed E-state index contributed by atoms with van der Waals surface area (Å²) in [6.45, 7) is 13.6. The summed E-state index contributed by atoms with van der Waals surface area (Å²) in [4.78, 5) is 11.5. The number of ether oxygens (including phenoxy) is 2. The van der Waals surface area contributed by atoms with Crippen LogP contribution in [0.25, 0.3) is 0 Å². The van der Waals surface area contributed by atoms with Gasteiger partial charge < -0.3 is 9.47 Å². The first-order valence-electron chi connectivity index (χ1n) is 8.04. The van der Waals surface area contributed by atoms with Crippen LogP contribution in [0.5, 0.6) is 17.2 Å². The zero-order valence-electron chi connectivity index (χ0n) is 15.0. The van der Waals surface area contributed by atoms with E-state index in [1.165, 1.54) is 5.56 Å². The second-order valence-electron chi connectivity index (χ2n) is 6.38. The smallest absolute Gasteiger partial charge is 0.338 e. The van der Waals surface area contributed by atoms with Crippen molar-refractivity contribution in [3.8, 4) is 17.2 Å². The molecule has 0 spiro atoms. The van der Waals surface area contributed by atoms with Crippen molar-refractivity contribution in [2.45, 2.75) is 40.5 Å². The average Bonchev–Trinajstić information content (AvgIpc) is 2.52. The van der Waals surface area contributed by atoms with E-state index in [0.717, 1.165) is 16.9 Å². The van der Waals surface area contributed by atoms with E-state index in [1.54, 1.807) is 31.2 Å². The number of carbonyl (C=O) groups is 1. The third-order valence-corrected chi connectivity index (χ3v) is 3.75. The van der Waals surface area contributed by atoms with Crippen LogP contribution < -0.4 is 9.47 Å². The maximum atomic E-state index is 11.5. The molecule has 0 aromatic heterocycles. The van der Waals surface area contributed by atoms with Crippen molar-refractivity contribution in [1.82, 2.24) is 0 Å². The quantitative estimate of drug-likeness (QED) is 0.402. The van der Waals surface area contributed by atoms with E-state index < -0.39 is 5.97 Å². The monoisotopic (exact) mass is 324 g/mol. The Morgan fingerprint density at radius 1 is 1.00 bits per heavy atom. The minimum atomic E-state index is -0.431. The number of carbonyl (C=O) groups excluding carboxylic acids is 1. The molecule has 0 saturated carbocycles. The summed E-state index contributed by atoms with van der Waals surface area (Å²) in [6, 6.07) is 11.3. The molecule has 0 radical (unpaired) electrons. The fraction of sp³-hybridized carbons (Fsp3) is 0.286. The Balaban J connectivity index is 2.17. The minimum absolute atomic E-state index is 0.367. The van der Waals surface area contributed by atoms with E-state index in [9.17, 15) is 4.79 Å². The van der Waals surface area contributed by atoms with Crippen molar-refractivity contribution < 1.29 is 14.3 Å². The molecule has 0 amide bonds. The van der Waals surface area contributed by atoms with Gasteiger partial charge in [0.15, 0.2) is 0 Å². The lowest BCUT2D eigenvalue weighted by molar-refractivity contribution is -0.130. The predicted molar refractivity (Wildman–Crippen MR) is 97.0 cm³/mol. The topological polar surface area (TPSA) is 35.5 Å². The van der Waals surface area contributed by atoms with E-state index in [0.29, 0.717) is 23.0 Å². The standard InChI is InChI=1S/C21H24O3/c1-13(2)17-11-15(5)20(16(6)12-17)23-18-7-9-19(10-8-18)24-21(22)14(3)4/h7-13H,3H2,1-2,4-6H3. The van der Waals surface area contributed by atoms with Gasteiger partial charge in [0.05, 0.1) is 0 Å². The van der Waals surface area contributed by atoms with Gasteiger partial charge in [0.2, 0.25) is 0 Å². The number of esters is 1. The summed E-state index contributed by atoms with van der Waals surface area (Å²) in [6.07, 6.45) is 0. The molecule has 2 aromatic rings. The van der Waals surface area contributed by atoms with E-state index in [-0.39, 0.29) is 0 Å². The molecule has 0 saturated heterocycles. The SMILES string of the molecule is C=C(C)C(=O)Oc1ccc(Oc2c(C)cc(C(C)C)cc2C)cc1. The predicted octanol–water partition coefficient (Wildman–Crippen LogP) is 5.70. The third kappa shape index (κ3) is 4.25. The first-order valence-corrected chi connectivity index (χ1v) is 8.04. The third-order valence-electron chi connectivity index (χ3n) is 3.75. The van der Waals surface area contributed by atoms with Crippen molar-refractivity contribution in [3.63, 3.8) is 0 Å². The van der Waals surface area contributed by atoms with E-state index in [1.807, 2.05) is 0 Å². The number of benzene rings is 2. The maximum absolute atomic E-state index is 11.5. The molecule has 0 aliphatic rings. The van der Waals surface area contributed by atoms with Gasteiger partial charge in [0.1, 0.15) is 17.2 Å². The second kappa shape index (κ2) is 7.35. The van der Waals surface area contributed by atoms with Gasteiger partial charge in [-0.2, -0.15) is 0 Å². The van der Waals surface area contributed by atoms with Crippen LogP contribution in [-0.2, 0) is 4.79 Å². The summed E-state index contributed by atoms with van der Waals surface area (Å²) in [5, 5.41) is 0. The fourth-order valence-electron chi connectivity index (χ4n) is 2.37.